The Morgan fingerprint density at radius 3 is 3.00 bits per heavy atom. The summed E-state index contributed by atoms with van der Waals surface area (Å²) in [4.78, 5) is 2.38. The topological polar surface area (TPSA) is 15.3 Å². The van der Waals surface area contributed by atoms with Crippen LogP contribution in [0.4, 0.5) is 4.39 Å². The monoisotopic (exact) mass is 284 g/mol. The highest BCUT2D eigenvalue weighted by Gasteiger charge is 2.23. The van der Waals surface area contributed by atoms with Crippen molar-refractivity contribution in [1.29, 1.82) is 0 Å². The van der Waals surface area contributed by atoms with Crippen LogP contribution in [0.2, 0.25) is 5.02 Å². The van der Waals surface area contributed by atoms with Crippen molar-refractivity contribution in [2.45, 2.75) is 32.9 Å². The Balaban J connectivity index is 1.96. The zero-order valence-electron chi connectivity index (χ0n) is 11.6. The second kappa shape index (κ2) is 6.69. The first-order valence-electron chi connectivity index (χ1n) is 6.99. The van der Waals surface area contributed by atoms with E-state index >= 15 is 0 Å². The van der Waals surface area contributed by atoms with Crippen molar-refractivity contribution >= 4 is 11.6 Å². The lowest BCUT2D eigenvalue weighted by molar-refractivity contribution is 0.162. The van der Waals surface area contributed by atoms with E-state index in [1.807, 2.05) is 6.07 Å². The zero-order valence-corrected chi connectivity index (χ0v) is 12.4. The maximum absolute atomic E-state index is 13.4. The second-order valence-corrected chi connectivity index (χ2v) is 5.84. The summed E-state index contributed by atoms with van der Waals surface area (Å²) in [5.74, 6) is 0.345. The molecule has 0 bridgehead atoms. The molecule has 2 nitrogen and oxygen atoms in total. The van der Waals surface area contributed by atoms with Crippen molar-refractivity contribution in [2.75, 3.05) is 19.6 Å². The molecule has 2 atom stereocenters. The zero-order chi connectivity index (χ0) is 13.8. The normalized spacial score (nSPS) is 22.4. The van der Waals surface area contributed by atoms with E-state index in [9.17, 15) is 4.39 Å². The van der Waals surface area contributed by atoms with Crippen molar-refractivity contribution in [3.8, 4) is 0 Å². The Bertz CT molecular complexity index is 425. The van der Waals surface area contributed by atoms with Gasteiger partial charge in [0.15, 0.2) is 0 Å². The van der Waals surface area contributed by atoms with Crippen molar-refractivity contribution in [1.82, 2.24) is 10.2 Å². The van der Waals surface area contributed by atoms with Crippen LogP contribution in [0.1, 0.15) is 25.8 Å². The van der Waals surface area contributed by atoms with Gasteiger partial charge < -0.3 is 5.32 Å². The summed E-state index contributed by atoms with van der Waals surface area (Å²) < 4.78 is 13.4. The van der Waals surface area contributed by atoms with Crippen LogP contribution >= 0.6 is 11.6 Å². The standard InChI is InChI=1S/C15H22ClFN2/c1-3-11(2)15-10-19(7-6-18-15)9-12-4-5-13(16)14(17)8-12/h4-5,8,11,15,18H,3,6-7,9-10H2,1-2H3. The third-order valence-corrected chi connectivity index (χ3v) is 4.32. The molecule has 1 fully saturated rings. The number of rotatable bonds is 4. The lowest BCUT2D eigenvalue weighted by Gasteiger charge is -2.36. The van der Waals surface area contributed by atoms with Crippen LogP contribution in [-0.4, -0.2) is 30.6 Å². The molecular formula is C15H22ClFN2. The van der Waals surface area contributed by atoms with Gasteiger partial charge in [-0.25, -0.2) is 4.39 Å². The molecule has 0 aromatic heterocycles. The van der Waals surface area contributed by atoms with E-state index in [1.54, 1.807) is 12.1 Å². The van der Waals surface area contributed by atoms with Crippen molar-refractivity contribution < 1.29 is 4.39 Å². The quantitative estimate of drug-likeness (QED) is 0.913. The molecule has 1 saturated heterocycles. The Morgan fingerprint density at radius 2 is 2.32 bits per heavy atom. The summed E-state index contributed by atoms with van der Waals surface area (Å²) >= 11 is 5.71. The van der Waals surface area contributed by atoms with E-state index in [2.05, 4.69) is 24.1 Å². The first kappa shape index (κ1) is 14.8. The molecular weight excluding hydrogens is 263 g/mol. The highest BCUT2D eigenvalue weighted by atomic mass is 35.5. The Labute approximate surface area is 119 Å². The number of piperazine rings is 1. The lowest BCUT2D eigenvalue weighted by atomic mass is 9.97. The number of hydrogen-bond acceptors (Lipinski definition) is 2. The van der Waals surface area contributed by atoms with Crippen LogP contribution in [0.25, 0.3) is 0 Å². The van der Waals surface area contributed by atoms with Gasteiger partial charge in [-0.05, 0) is 23.6 Å². The fourth-order valence-corrected chi connectivity index (χ4v) is 2.67. The van der Waals surface area contributed by atoms with Crippen LogP contribution in [0.15, 0.2) is 18.2 Å². The Kier molecular flexibility index (Phi) is 5.20. The lowest BCUT2D eigenvalue weighted by Crippen LogP contribution is -2.52. The molecule has 0 radical (unpaired) electrons. The molecule has 1 aromatic rings. The van der Waals surface area contributed by atoms with Crippen LogP contribution in [-0.2, 0) is 6.54 Å². The van der Waals surface area contributed by atoms with Crippen molar-refractivity contribution in [2.24, 2.45) is 5.92 Å². The fourth-order valence-electron chi connectivity index (χ4n) is 2.55. The van der Waals surface area contributed by atoms with E-state index in [4.69, 9.17) is 11.6 Å². The number of nitrogens with one attached hydrogen (secondary N) is 1. The number of hydrogen-bond donors (Lipinski definition) is 1. The molecule has 1 aliphatic heterocycles. The predicted molar refractivity (Wildman–Crippen MR) is 77.9 cm³/mol. The van der Waals surface area contributed by atoms with Gasteiger partial charge in [0.25, 0.3) is 0 Å². The van der Waals surface area contributed by atoms with Gasteiger partial charge in [0.05, 0.1) is 5.02 Å². The summed E-state index contributed by atoms with van der Waals surface area (Å²) in [6.07, 6.45) is 1.18. The van der Waals surface area contributed by atoms with E-state index in [1.165, 1.54) is 6.42 Å². The third kappa shape index (κ3) is 3.91. The Hall–Kier alpha value is -0.640. The minimum atomic E-state index is -0.326. The van der Waals surface area contributed by atoms with Gasteiger partial charge in [-0.2, -0.15) is 0 Å². The van der Waals surface area contributed by atoms with Gasteiger partial charge in [0.2, 0.25) is 0 Å². The van der Waals surface area contributed by atoms with E-state index < -0.39 is 0 Å². The summed E-state index contributed by atoms with van der Waals surface area (Å²) in [5.41, 5.74) is 0.992. The average Bonchev–Trinajstić information content (AvgIpc) is 2.42. The second-order valence-electron chi connectivity index (χ2n) is 5.43. The molecule has 1 aromatic carbocycles. The molecule has 2 unspecified atom stereocenters. The molecule has 0 spiro atoms. The van der Waals surface area contributed by atoms with Crippen molar-refractivity contribution in [3.05, 3.63) is 34.6 Å². The highest BCUT2D eigenvalue weighted by molar-refractivity contribution is 6.30. The molecule has 1 heterocycles. The van der Waals surface area contributed by atoms with Crippen LogP contribution in [0.3, 0.4) is 0 Å². The first-order chi connectivity index (χ1) is 9.10. The molecule has 0 saturated carbocycles. The van der Waals surface area contributed by atoms with Gasteiger partial charge in [-0.1, -0.05) is 37.9 Å². The number of nitrogens with zero attached hydrogens (tertiary/aromatic N) is 1. The summed E-state index contributed by atoms with van der Waals surface area (Å²) in [6.45, 7) is 8.34. The smallest absolute Gasteiger partial charge is 0.142 e. The van der Waals surface area contributed by atoms with Gasteiger partial charge in [-0.3, -0.25) is 4.90 Å². The summed E-state index contributed by atoms with van der Waals surface area (Å²) in [7, 11) is 0. The fraction of sp³-hybridized carbons (Fsp3) is 0.600. The minimum Gasteiger partial charge on any atom is -0.311 e. The molecule has 0 amide bonds. The number of benzene rings is 1. The van der Waals surface area contributed by atoms with E-state index in [0.29, 0.717) is 12.0 Å². The summed E-state index contributed by atoms with van der Waals surface area (Å²) in [6, 6.07) is 5.63. The van der Waals surface area contributed by atoms with Gasteiger partial charge in [0.1, 0.15) is 5.82 Å². The first-order valence-corrected chi connectivity index (χ1v) is 7.37. The summed E-state index contributed by atoms with van der Waals surface area (Å²) in [5, 5.41) is 3.77. The molecule has 4 heteroatoms. The van der Waals surface area contributed by atoms with Crippen LogP contribution in [0.5, 0.6) is 0 Å². The molecule has 106 valence electrons. The minimum absolute atomic E-state index is 0.196. The molecule has 0 aliphatic carbocycles. The molecule has 1 aliphatic rings. The molecule has 19 heavy (non-hydrogen) atoms. The number of halogens is 2. The van der Waals surface area contributed by atoms with Crippen molar-refractivity contribution in [3.63, 3.8) is 0 Å². The van der Waals surface area contributed by atoms with E-state index in [-0.39, 0.29) is 10.8 Å². The largest absolute Gasteiger partial charge is 0.311 e. The molecule has 1 N–H and O–H groups in total. The molecule has 2 rings (SSSR count). The van der Waals surface area contributed by atoms with Gasteiger partial charge in [0, 0.05) is 32.2 Å². The predicted octanol–water partition coefficient (Wildman–Crippen LogP) is 3.30. The third-order valence-electron chi connectivity index (χ3n) is 4.01. The maximum atomic E-state index is 13.4. The maximum Gasteiger partial charge on any atom is 0.142 e. The Morgan fingerprint density at radius 1 is 1.53 bits per heavy atom. The van der Waals surface area contributed by atoms with Crippen LogP contribution < -0.4 is 5.32 Å². The van der Waals surface area contributed by atoms with Gasteiger partial charge in [-0.15, -0.1) is 0 Å². The SMILES string of the molecule is CCC(C)C1CN(Cc2ccc(Cl)c(F)c2)CCN1. The van der Waals surface area contributed by atoms with Gasteiger partial charge >= 0.3 is 0 Å². The van der Waals surface area contributed by atoms with E-state index in [0.717, 1.165) is 31.7 Å². The average molecular weight is 285 g/mol. The van der Waals surface area contributed by atoms with Crippen LogP contribution in [0, 0.1) is 11.7 Å². The highest BCUT2D eigenvalue weighted by Crippen LogP contribution is 2.18.